The second kappa shape index (κ2) is 5.27. The minimum Gasteiger partial charge on any atom is -0.461 e. The molecule has 2 heterocycles. The first-order valence-electron chi connectivity index (χ1n) is 5.70. The van der Waals surface area contributed by atoms with Gasteiger partial charge >= 0.3 is 5.97 Å². The molecule has 0 spiro atoms. The van der Waals surface area contributed by atoms with Gasteiger partial charge in [-0.1, -0.05) is 6.07 Å². The van der Waals surface area contributed by atoms with E-state index in [1.807, 2.05) is 32.0 Å². The summed E-state index contributed by atoms with van der Waals surface area (Å²) < 4.78 is 4.97. The lowest BCUT2D eigenvalue weighted by molar-refractivity contribution is 0.0519. The van der Waals surface area contributed by atoms with Gasteiger partial charge in [0.2, 0.25) is 0 Å². The molecule has 0 bridgehead atoms. The number of hydrogen-bond donors (Lipinski definition) is 0. The molecule has 2 aromatic rings. The summed E-state index contributed by atoms with van der Waals surface area (Å²) >= 11 is 1.46. The number of esters is 1. The monoisotopic (exact) mass is 262 g/mol. The molecule has 0 unspecified atom stereocenters. The number of rotatable bonds is 3. The molecule has 94 valence electrons. The maximum Gasteiger partial charge on any atom is 0.358 e. The molecule has 0 N–H and O–H groups in total. The van der Waals surface area contributed by atoms with E-state index in [9.17, 15) is 4.79 Å². The molecule has 5 heteroatoms. The van der Waals surface area contributed by atoms with E-state index in [-0.39, 0.29) is 5.97 Å². The van der Waals surface area contributed by atoms with Crippen molar-refractivity contribution in [3.8, 4) is 10.7 Å². The maximum atomic E-state index is 11.7. The summed E-state index contributed by atoms with van der Waals surface area (Å²) in [4.78, 5) is 21.3. The van der Waals surface area contributed by atoms with Gasteiger partial charge in [-0.05, 0) is 32.9 Å². The maximum absolute atomic E-state index is 11.7. The highest BCUT2D eigenvalue weighted by Crippen LogP contribution is 2.26. The van der Waals surface area contributed by atoms with Gasteiger partial charge in [0.1, 0.15) is 5.01 Å². The lowest BCUT2D eigenvalue weighted by Gasteiger charge is -1.98. The van der Waals surface area contributed by atoms with Gasteiger partial charge in [0, 0.05) is 10.6 Å². The fraction of sp³-hybridized carbons (Fsp3) is 0.308. The standard InChI is InChI=1S/C13H14N2O2S/c1-4-17-13(16)11-9(3)18-12(15-11)10-7-5-6-8(2)14-10/h5-7H,4H2,1-3H3. The Kier molecular flexibility index (Phi) is 3.72. The summed E-state index contributed by atoms with van der Waals surface area (Å²) in [5.41, 5.74) is 2.11. The predicted molar refractivity (Wildman–Crippen MR) is 70.8 cm³/mol. The first-order valence-corrected chi connectivity index (χ1v) is 6.52. The van der Waals surface area contributed by atoms with Gasteiger partial charge in [0.15, 0.2) is 5.69 Å². The van der Waals surface area contributed by atoms with Crippen LogP contribution in [0.15, 0.2) is 18.2 Å². The zero-order valence-electron chi connectivity index (χ0n) is 10.6. The van der Waals surface area contributed by atoms with Gasteiger partial charge < -0.3 is 4.74 Å². The van der Waals surface area contributed by atoms with Gasteiger partial charge in [0.05, 0.1) is 12.3 Å². The van der Waals surface area contributed by atoms with E-state index in [0.29, 0.717) is 12.3 Å². The molecule has 0 aliphatic carbocycles. The van der Waals surface area contributed by atoms with Crippen LogP contribution in [0, 0.1) is 13.8 Å². The molecule has 0 atom stereocenters. The Morgan fingerprint density at radius 2 is 2.11 bits per heavy atom. The third-order valence-corrected chi connectivity index (χ3v) is 3.37. The van der Waals surface area contributed by atoms with Crippen molar-refractivity contribution in [1.29, 1.82) is 0 Å². The van der Waals surface area contributed by atoms with Crippen LogP contribution in [0.4, 0.5) is 0 Å². The summed E-state index contributed by atoms with van der Waals surface area (Å²) in [5, 5.41) is 0.749. The Bertz CT molecular complexity index is 578. The average Bonchev–Trinajstić information content (AvgIpc) is 2.72. The minimum atomic E-state index is -0.370. The fourth-order valence-electron chi connectivity index (χ4n) is 1.56. The molecule has 18 heavy (non-hydrogen) atoms. The summed E-state index contributed by atoms with van der Waals surface area (Å²) in [6.07, 6.45) is 0. The van der Waals surface area contributed by atoms with Crippen molar-refractivity contribution in [3.63, 3.8) is 0 Å². The SMILES string of the molecule is CCOC(=O)c1nc(-c2cccc(C)n2)sc1C. The van der Waals surface area contributed by atoms with Gasteiger partial charge in [0.25, 0.3) is 0 Å². The van der Waals surface area contributed by atoms with Crippen LogP contribution in [0.3, 0.4) is 0 Å². The Hall–Kier alpha value is -1.75. The second-order valence-electron chi connectivity index (χ2n) is 3.81. The fourth-order valence-corrected chi connectivity index (χ4v) is 2.43. The zero-order chi connectivity index (χ0) is 13.1. The Labute approximate surface area is 110 Å². The van der Waals surface area contributed by atoms with Gasteiger partial charge in [-0.3, -0.25) is 4.98 Å². The summed E-state index contributed by atoms with van der Waals surface area (Å²) in [6, 6.07) is 5.74. The number of carbonyl (C=O) groups is 1. The Morgan fingerprint density at radius 1 is 1.33 bits per heavy atom. The van der Waals surface area contributed by atoms with Crippen LogP contribution in [0.1, 0.15) is 28.0 Å². The topological polar surface area (TPSA) is 52.1 Å². The van der Waals surface area contributed by atoms with Crippen molar-refractivity contribution in [3.05, 3.63) is 34.5 Å². The normalized spacial score (nSPS) is 10.4. The Morgan fingerprint density at radius 3 is 2.78 bits per heavy atom. The number of hydrogen-bond acceptors (Lipinski definition) is 5. The van der Waals surface area contributed by atoms with E-state index in [2.05, 4.69) is 9.97 Å². The average molecular weight is 262 g/mol. The van der Waals surface area contributed by atoms with Gasteiger partial charge in [-0.2, -0.15) is 0 Å². The molecule has 4 nitrogen and oxygen atoms in total. The molecule has 2 rings (SSSR count). The van der Waals surface area contributed by atoms with E-state index < -0.39 is 0 Å². The largest absolute Gasteiger partial charge is 0.461 e. The van der Waals surface area contributed by atoms with Crippen molar-refractivity contribution in [2.24, 2.45) is 0 Å². The van der Waals surface area contributed by atoms with Crippen LogP contribution >= 0.6 is 11.3 Å². The smallest absolute Gasteiger partial charge is 0.358 e. The molecule has 0 aromatic carbocycles. The number of nitrogens with zero attached hydrogens (tertiary/aromatic N) is 2. The molecule has 0 aliphatic rings. The number of carbonyl (C=O) groups excluding carboxylic acids is 1. The minimum absolute atomic E-state index is 0.355. The number of pyridine rings is 1. The van der Waals surface area contributed by atoms with Crippen LogP contribution in [-0.4, -0.2) is 22.5 Å². The van der Waals surface area contributed by atoms with Crippen molar-refractivity contribution in [1.82, 2.24) is 9.97 Å². The van der Waals surface area contributed by atoms with Gasteiger partial charge in [-0.15, -0.1) is 11.3 Å². The zero-order valence-corrected chi connectivity index (χ0v) is 11.4. The highest BCUT2D eigenvalue weighted by molar-refractivity contribution is 7.15. The molecular weight excluding hydrogens is 248 g/mol. The molecule has 2 aromatic heterocycles. The van der Waals surface area contributed by atoms with Crippen molar-refractivity contribution < 1.29 is 9.53 Å². The first-order chi connectivity index (χ1) is 8.61. The van der Waals surface area contributed by atoms with Crippen LogP contribution in [-0.2, 0) is 4.74 Å². The predicted octanol–water partition coefficient (Wildman–Crippen LogP) is 3.00. The quantitative estimate of drug-likeness (QED) is 0.798. The molecule has 0 aliphatic heterocycles. The molecule has 0 saturated heterocycles. The second-order valence-corrected chi connectivity index (χ2v) is 5.01. The number of aromatic nitrogens is 2. The van der Waals surface area contributed by atoms with E-state index in [1.165, 1.54) is 11.3 Å². The van der Waals surface area contributed by atoms with E-state index >= 15 is 0 Å². The van der Waals surface area contributed by atoms with Crippen LogP contribution in [0.5, 0.6) is 0 Å². The van der Waals surface area contributed by atoms with E-state index in [4.69, 9.17) is 4.74 Å². The summed E-state index contributed by atoms with van der Waals surface area (Å²) in [5.74, 6) is -0.370. The molecular formula is C13H14N2O2S. The van der Waals surface area contributed by atoms with Crippen LogP contribution in [0.25, 0.3) is 10.7 Å². The van der Waals surface area contributed by atoms with Crippen molar-refractivity contribution in [2.45, 2.75) is 20.8 Å². The molecule has 0 radical (unpaired) electrons. The number of aryl methyl sites for hydroxylation is 2. The summed E-state index contributed by atoms with van der Waals surface area (Å²) in [6.45, 7) is 5.93. The highest BCUT2D eigenvalue weighted by Gasteiger charge is 2.17. The lowest BCUT2D eigenvalue weighted by atomic mass is 10.3. The highest BCUT2D eigenvalue weighted by atomic mass is 32.1. The molecule has 0 fully saturated rings. The van der Waals surface area contributed by atoms with Crippen molar-refractivity contribution in [2.75, 3.05) is 6.61 Å². The molecule has 0 saturated carbocycles. The Balaban J connectivity index is 2.37. The van der Waals surface area contributed by atoms with E-state index in [0.717, 1.165) is 21.3 Å². The first kappa shape index (κ1) is 12.7. The third-order valence-electron chi connectivity index (χ3n) is 2.37. The molecule has 0 amide bonds. The van der Waals surface area contributed by atoms with Crippen molar-refractivity contribution >= 4 is 17.3 Å². The van der Waals surface area contributed by atoms with E-state index in [1.54, 1.807) is 6.92 Å². The van der Waals surface area contributed by atoms with Crippen LogP contribution < -0.4 is 0 Å². The van der Waals surface area contributed by atoms with Gasteiger partial charge in [-0.25, -0.2) is 9.78 Å². The third kappa shape index (κ3) is 2.56. The number of thiazole rings is 1. The summed E-state index contributed by atoms with van der Waals surface area (Å²) in [7, 11) is 0. The lowest BCUT2D eigenvalue weighted by Crippen LogP contribution is -2.06. The van der Waals surface area contributed by atoms with Crippen LogP contribution in [0.2, 0.25) is 0 Å². The number of ether oxygens (including phenoxy) is 1.